The van der Waals surface area contributed by atoms with Crippen LogP contribution >= 0.6 is 15.9 Å². The lowest BCUT2D eigenvalue weighted by Crippen LogP contribution is -2.66. The third kappa shape index (κ3) is 8.56. The minimum Gasteiger partial charge on any atom is -0.463 e. The summed E-state index contributed by atoms with van der Waals surface area (Å²) in [5, 5.41) is 10.7. The molecular weight excluding hydrogens is 587 g/mol. The molecule has 2 rings (SSSR count). The molecule has 0 aliphatic carbocycles. The summed E-state index contributed by atoms with van der Waals surface area (Å²) in [7, 11) is 0. The Balaban J connectivity index is 2.54. The van der Waals surface area contributed by atoms with E-state index in [9.17, 15) is 33.5 Å². The molecule has 0 saturated carbocycles. The van der Waals surface area contributed by atoms with Crippen molar-refractivity contribution in [2.45, 2.75) is 96.1 Å². The van der Waals surface area contributed by atoms with Crippen molar-refractivity contribution in [1.82, 2.24) is 0 Å². The van der Waals surface area contributed by atoms with Crippen LogP contribution in [-0.4, -0.2) is 108 Å². The number of alkyl halides is 2. The molecule has 0 aromatic carbocycles. The monoisotopic (exact) mass is 616 g/mol. The summed E-state index contributed by atoms with van der Waals surface area (Å²) in [5.74, 6) is -4.27. The summed E-state index contributed by atoms with van der Waals surface area (Å²) < 4.78 is 57.6. The van der Waals surface area contributed by atoms with Gasteiger partial charge in [0.05, 0.1) is 0 Å². The first-order valence-corrected chi connectivity index (χ1v) is 12.5. The van der Waals surface area contributed by atoms with Crippen molar-refractivity contribution in [2.75, 3.05) is 11.9 Å². The molecule has 10 atom stereocenters. The Morgan fingerprint density at radius 3 is 1.71 bits per heavy atom. The van der Waals surface area contributed by atoms with Gasteiger partial charge in [0.1, 0.15) is 31.0 Å². The molecule has 0 amide bonds. The summed E-state index contributed by atoms with van der Waals surface area (Å²) in [6.07, 6.45) is -16.0. The predicted molar refractivity (Wildman–Crippen MR) is 122 cm³/mol. The number of carbonyl (C=O) groups excluding carboxylic acids is 5. The second-order valence-corrected chi connectivity index (χ2v) is 9.06. The van der Waals surface area contributed by atoms with Crippen LogP contribution in [0.15, 0.2) is 0 Å². The molecule has 2 fully saturated rings. The number of esters is 5. The lowest BCUT2D eigenvalue weighted by molar-refractivity contribution is -0.346. The van der Waals surface area contributed by atoms with Crippen molar-refractivity contribution in [2.24, 2.45) is 0 Å². The number of aliphatic hydroxyl groups excluding tert-OH is 1. The van der Waals surface area contributed by atoms with Crippen molar-refractivity contribution in [3.63, 3.8) is 0 Å². The Labute approximate surface area is 225 Å². The van der Waals surface area contributed by atoms with Gasteiger partial charge in [0.15, 0.2) is 30.7 Å². The van der Waals surface area contributed by atoms with E-state index in [1.165, 1.54) is 0 Å². The summed E-state index contributed by atoms with van der Waals surface area (Å²) in [6.45, 7) is 4.61. The van der Waals surface area contributed by atoms with Crippen molar-refractivity contribution >= 4 is 45.8 Å². The molecule has 2 heterocycles. The molecule has 10 unspecified atom stereocenters. The minimum atomic E-state index is -2.33. The van der Waals surface area contributed by atoms with Gasteiger partial charge in [0.25, 0.3) is 0 Å². The Hall–Kier alpha value is -2.40. The molecule has 2 aliphatic rings. The molecule has 2 saturated heterocycles. The highest BCUT2D eigenvalue weighted by Crippen LogP contribution is 2.34. The van der Waals surface area contributed by atoms with Crippen LogP contribution in [0.2, 0.25) is 0 Å². The van der Waals surface area contributed by atoms with E-state index in [2.05, 4.69) is 15.9 Å². The summed E-state index contributed by atoms with van der Waals surface area (Å²) in [6, 6.07) is 0. The molecule has 2 aliphatic heterocycles. The SMILES string of the molecule is CC(=O)OCC1OC(F)C(OC(C)=O)C(OC(C)=O)C1OC1OC(CBr)C(O)C(OC(C)=O)C1OC(C)=O. The highest BCUT2D eigenvalue weighted by Gasteiger charge is 2.56. The largest absolute Gasteiger partial charge is 0.463 e. The van der Waals surface area contributed by atoms with Crippen LogP contribution < -0.4 is 0 Å². The molecule has 1 N–H and O–H groups in total. The fourth-order valence-corrected chi connectivity index (χ4v) is 4.47. The summed E-state index contributed by atoms with van der Waals surface area (Å²) in [4.78, 5) is 58.7. The van der Waals surface area contributed by atoms with E-state index in [-0.39, 0.29) is 5.33 Å². The predicted octanol–water partition coefficient (Wildman–Crippen LogP) is -0.163. The van der Waals surface area contributed by atoms with Gasteiger partial charge in [-0.25, -0.2) is 4.39 Å². The van der Waals surface area contributed by atoms with E-state index in [1.807, 2.05) is 0 Å². The Morgan fingerprint density at radius 2 is 1.21 bits per heavy atom. The van der Waals surface area contributed by atoms with Crippen molar-refractivity contribution < 1.29 is 71.4 Å². The number of hydrogen-bond donors (Lipinski definition) is 1. The van der Waals surface area contributed by atoms with Gasteiger partial charge in [-0.3, -0.25) is 24.0 Å². The van der Waals surface area contributed by atoms with Crippen LogP contribution in [-0.2, 0) is 61.9 Å². The fraction of sp³-hybridized carbons (Fsp3) is 0.773. The van der Waals surface area contributed by atoms with Gasteiger partial charge >= 0.3 is 29.8 Å². The molecule has 0 radical (unpaired) electrons. The van der Waals surface area contributed by atoms with E-state index < -0.39 is 97.9 Å². The third-order valence-electron chi connectivity index (χ3n) is 5.30. The highest BCUT2D eigenvalue weighted by atomic mass is 79.9. The average Bonchev–Trinajstić information content (AvgIpc) is 2.79. The topological polar surface area (TPSA) is 179 Å². The van der Waals surface area contributed by atoms with Gasteiger partial charge in [-0.15, -0.1) is 0 Å². The maximum Gasteiger partial charge on any atom is 0.303 e. The van der Waals surface area contributed by atoms with Crippen LogP contribution in [0, 0.1) is 0 Å². The Kier molecular flexibility index (Phi) is 11.8. The number of ether oxygens (including phenoxy) is 8. The Bertz CT molecular complexity index is 886. The molecule has 0 aromatic heterocycles. The van der Waals surface area contributed by atoms with Crippen molar-refractivity contribution in [3.05, 3.63) is 0 Å². The van der Waals surface area contributed by atoms with Gasteiger partial charge in [-0.2, -0.15) is 0 Å². The van der Waals surface area contributed by atoms with E-state index in [1.54, 1.807) is 0 Å². The second-order valence-electron chi connectivity index (χ2n) is 8.41. The molecular formula is C22H30BrFO14. The zero-order valence-corrected chi connectivity index (χ0v) is 22.8. The zero-order chi connectivity index (χ0) is 28.7. The smallest absolute Gasteiger partial charge is 0.303 e. The van der Waals surface area contributed by atoms with Crippen molar-refractivity contribution in [1.29, 1.82) is 0 Å². The van der Waals surface area contributed by atoms with E-state index in [4.69, 9.17) is 37.9 Å². The van der Waals surface area contributed by atoms with E-state index in [0.717, 1.165) is 34.6 Å². The molecule has 216 valence electrons. The van der Waals surface area contributed by atoms with Gasteiger partial charge in [-0.1, -0.05) is 15.9 Å². The van der Waals surface area contributed by atoms with Crippen LogP contribution in [0.4, 0.5) is 4.39 Å². The number of aliphatic hydroxyl groups is 1. The molecule has 16 heteroatoms. The van der Waals surface area contributed by atoms with Gasteiger partial charge < -0.3 is 43.0 Å². The highest BCUT2D eigenvalue weighted by molar-refractivity contribution is 9.09. The van der Waals surface area contributed by atoms with Crippen LogP contribution in [0.1, 0.15) is 34.6 Å². The first kappa shape index (κ1) is 31.8. The number of rotatable bonds is 9. The quantitative estimate of drug-likeness (QED) is 0.205. The second kappa shape index (κ2) is 14.1. The van der Waals surface area contributed by atoms with Crippen LogP contribution in [0.3, 0.4) is 0 Å². The molecule has 0 aromatic rings. The molecule has 0 spiro atoms. The first-order chi connectivity index (χ1) is 17.7. The maximum absolute atomic E-state index is 15.0. The standard InChI is InChI=1S/C22H30BrFO14/c1-8(25)31-7-14-16(18(33-10(3)27)19(21(24)36-14)34-11(4)28)38-22-20(35-12(5)29)17(32-9(2)26)15(30)13(6-23)37-22/h13-22,30H,6-7H2,1-5H3. The Morgan fingerprint density at radius 1 is 0.711 bits per heavy atom. The summed E-state index contributed by atoms with van der Waals surface area (Å²) in [5.41, 5.74) is 0. The fourth-order valence-electron chi connectivity index (χ4n) is 3.93. The lowest BCUT2D eigenvalue weighted by atomic mass is 9.96. The molecule has 0 bridgehead atoms. The number of halogens is 2. The van der Waals surface area contributed by atoms with Gasteiger partial charge in [0, 0.05) is 39.9 Å². The number of carbonyl (C=O) groups is 5. The van der Waals surface area contributed by atoms with Crippen LogP contribution in [0.5, 0.6) is 0 Å². The lowest BCUT2D eigenvalue weighted by Gasteiger charge is -2.47. The van der Waals surface area contributed by atoms with Gasteiger partial charge in [-0.05, 0) is 0 Å². The van der Waals surface area contributed by atoms with E-state index >= 15 is 0 Å². The minimum absolute atomic E-state index is 0.00657. The normalized spacial score (nSPS) is 34.9. The zero-order valence-electron chi connectivity index (χ0n) is 21.2. The van der Waals surface area contributed by atoms with Crippen molar-refractivity contribution in [3.8, 4) is 0 Å². The first-order valence-electron chi connectivity index (χ1n) is 11.4. The van der Waals surface area contributed by atoms with Crippen LogP contribution in [0.25, 0.3) is 0 Å². The van der Waals surface area contributed by atoms with Gasteiger partial charge in [0.2, 0.25) is 6.36 Å². The average molecular weight is 617 g/mol. The maximum atomic E-state index is 15.0. The number of hydrogen-bond acceptors (Lipinski definition) is 14. The van der Waals surface area contributed by atoms with E-state index in [0.29, 0.717) is 0 Å². The molecule has 38 heavy (non-hydrogen) atoms. The third-order valence-corrected chi connectivity index (χ3v) is 5.94. The molecule has 14 nitrogen and oxygen atoms in total. The summed E-state index contributed by atoms with van der Waals surface area (Å²) >= 11 is 3.16.